The van der Waals surface area contributed by atoms with Crippen molar-refractivity contribution in [2.24, 2.45) is 11.7 Å². The lowest BCUT2D eigenvalue weighted by atomic mass is 9.96. The average molecular weight is 311 g/mol. The zero-order valence-corrected chi connectivity index (χ0v) is 12.7. The van der Waals surface area contributed by atoms with E-state index in [1.54, 1.807) is 6.07 Å². The Kier molecular flexibility index (Phi) is 4.85. The number of phenolic OH excluding ortho intramolecular Hbond substituents is 1. The molecule has 1 amide bonds. The highest BCUT2D eigenvalue weighted by molar-refractivity contribution is 6.31. The number of nitrogens with two attached hydrogens (primary N) is 1. The van der Waals surface area contributed by atoms with Gasteiger partial charge in [-0.1, -0.05) is 11.6 Å². The summed E-state index contributed by atoms with van der Waals surface area (Å²) in [5, 5.41) is 10.6. The number of hydrogen-bond donors (Lipinski definition) is 2. The second-order valence-electron chi connectivity index (χ2n) is 5.49. The third-order valence-corrected chi connectivity index (χ3v) is 4.05. The topological polar surface area (TPSA) is 83.6 Å². The number of Topliss-reactive ketones (excluding diaryl/α,β-unsaturated/α-hetero) is 1. The number of carbonyl (C=O) groups excluding carboxylic acids is 2. The molecule has 0 aliphatic carbocycles. The van der Waals surface area contributed by atoms with Gasteiger partial charge in [0.25, 0.3) is 0 Å². The van der Waals surface area contributed by atoms with Gasteiger partial charge in [-0.2, -0.15) is 0 Å². The van der Waals surface area contributed by atoms with Crippen molar-refractivity contribution in [3.8, 4) is 5.75 Å². The first-order valence-electron chi connectivity index (χ1n) is 6.92. The Morgan fingerprint density at radius 3 is 2.81 bits per heavy atom. The van der Waals surface area contributed by atoms with Crippen LogP contribution in [0.4, 0.5) is 0 Å². The average Bonchev–Trinajstić information content (AvgIpc) is 2.42. The SMILES string of the molecule is CC(=O)c1cc(Cl)cc(CN2CCCC(C(N)=O)C2)c1O. The molecule has 1 saturated heterocycles. The molecule has 5 nitrogen and oxygen atoms in total. The summed E-state index contributed by atoms with van der Waals surface area (Å²) in [7, 11) is 0. The number of phenols is 1. The second kappa shape index (κ2) is 6.45. The van der Waals surface area contributed by atoms with Crippen molar-refractivity contribution in [3.63, 3.8) is 0 Å². The molecule has 1 atom stereocenters. The number of ketones is 1. The summed E-state index contributed by atoms with van der Waals surface area (Å²) in [6, 6.07) is 3.11. The summed E-state index contributed by atoms with van der Waals surface area (Å²) >= 11 is 6.01. The maximum Gasteiger partial charge on any atom is 0.221 e. The van der Waals surface area contributed by atoms with Gasteiger partial charge in [-0.15, -0.1) is 0 Å². The van der Waals surface area contributed by atoms with Gasteiger partial charge in [-0.05, 0) is 38.4 Å². The van der Waals surface area contributed by atoms with Gasteiger partial charge in [0, 0.05) is 23.7 Å². The number of amides is 1. The summed E-state index contributed by atoms with van der Waals surface area (Å²) in [5.74, 6) is -0.718. The zero-order valence-electron chi connectivity index (χ0n) is 11.9. The van der Waals surface area contributed by atoms with Crippen LogP contribution in [0.15, 0.2) is 12.1 Å². The highest BCUT2D eigenvalue weighted by atomic mass is 35.5. The number of carbonyl (C=O) groups is 2. The predicted molar refractivity (Wildman–Crippen MR) is 80.3 cm³/mol. The fourth-order valence-corrected chi connectivity index (χ4v) is 2.96. The van der Waals surface area contributed by atoms with Crippen molar-refractivity contribution in [1.82, 2.24) is 4.90 Å². The van der Waals surface area contributed by atoms with E-state index in [2.05, 4.69) is 0 Å². The molecule has 1 aliphatic rings. The van der Waals surface area contributed by atoms with Crippen LogP contribution in [-0.4, -0.2) is 34.8 Å². The Morgan fingerprint density at radius 2 is 2.19 bits per heavy atom. The molecule has 1 fully saturated rings. The molecular formula is C15H19ClN2O3. The third-order valence-electron chi connectivity index (χ3n) is 3.83. The molecule has 0 radical (unpaired) electrons. The number of likely N-dealkylation sites (tertiary alicyclic amines) is 1. The van der Waals surface area contributed by atoms with E-state index in [9.17, 15) is 14.7 Å². The Labute approximate surface area is 128 Å². The van der Waals surface area contributed by atoms with Crippen LogP contribution in [0.1, 0.15) is 35.7 Å². The van der Waals surface area contributed by atoms with E-state index in [0.29, 0.717) is 23.7 Å². The van der Waals surface area contributed by atoms with Gasteiger partial charge in [0.1, 0.15) is 5.75 Å². The van der Waals surface area contributed by atoms with E-state index in [4.69, 9.17) is 17.3 Å². The van der Waals surface area contributed by atoms with E-state index in [-0.39, 0.29) is 28.9 Å². The maximum absolute atomic E-state index is 11.5. The van der Waals surface area contributed by atoms with Crippen LogP contribution in [-0.2, 0) is 11.3 Å². The largest absolute Gasteiger partial charge is 0.507 e. The smallest absolute Gasteiger partial charge is 0.221 e. The van der Waals surface area contributed by atoms with Gasteiger partial charge in [0.15, 0.2) is 5.78 Å². The van der Waals surface area contributed by atoms with E-state index in [1.165, 1.54) is 13.0 Å². The molecule has 6 heteroatoms. The zero-order chi connectivity index (χ0) is 15.6. The first-order chi connectivity index (χ1) is 9.88. The van der Waals surface area contributed by atoms with Crippen molar-refractivity contribution in [2.45, 2.75) is 26.3 Å². The standard InChI is InChI=1S/C15H19ClN2O3/c1-9(19)13-6-12(16)5-11(14(13)20)8-18-4-2-3-10(7-18)15(17)21/h5-6,10,20H,2-4,7-8H2,1H3,(H2,17,21). The number of aromatic hydroxyl groups is 1. The summed E-state index contributed by atoms with van der Waals surface area (Å²) in [4.78, 5) is 24.9. The van der Waals surface area contributed by atoms with Crippen molar-refractivity contribution >= 4 is 23.3 Å². The molecule has 3 N–H and O–H groups in total. The molecule has 1 aromatic carbocycles. The summed E-state index contributed by atoms with van der Waals surface area (Å²) < 4.78 is 0. The number of halogens is 1. The molecule has 0 spiro atoms. The van der Waals surface area contributed by atoms with E-state index in [1.807, 2.05) is 4.90 Å². The van der Waals surface area contributed by atoms with Crippen molar-refractivity contribution in [3.05, 3.63) is 28.3 Å². The highest BCUT2D eigenvalue weighted by Gasteiger charge is 2.25. The fraction of sp³-hybridized carbons (Fsp3) is 0.467. The van der Waals surface area contributed by atoms with Gasteiger partial charge in [0.05, 0.1) is 11.5 Å². The van der Waals surface area contributed by atoms with Crippen LogP contribution in [0.3, 0.4) is 0 Å². The van der Waals surface area contributed by atoms with Crippen molar-refractivity contribution in [2.75, 3.05) is 13.1 Å². The van der Waals surface area contributed by atoms with Crippen LogP contribution in [0.25, 0.3) is 0 Å². The van der Waals surface area contributed by atoms with Crippen LogP contribution in [0.2, 0.25) is 5.02 Å². The summed E-state index contributed by atoms with van der Waals surface area (Å²) in [6.07, 6.45) is 1.68. The first-order valence-corrected chi connectivity index (χ1v) is 7.30. The van der Waals surface area contributed by atoms with Gasteiger partial charge in [0.2, 0.25) is 5.91 Å². The number of piperidine rings is 1. The second-order valence-corrected chi connectivity index (χ2v) is 5.93. The molecule has 0 aromatic heterocycles. The number of benzene rings is 1. The molecule has 2 rings (SSSR count). The number of primary amides is 1. The van der Waals surface area contributed by atoms with Crippen molar-refractivity contribution < 1.29 is 14.7 Å². The molecule has 1 aromatic rings. The summed E-state index contributed by atoms with van der Waals surface area (Å²) in [6.45, 7) is 3.22. The third kappa shape index (κ3) is 3.74. The lowest BCUT2D eigenvalue weighted by molar-refractivity contribution is -0.123. The normalized spacial score (nSPS) is 19.4. The number of hydrogen-bond acceptors (Lipinski definition) is 4. The molecule has 21 heavy (non-hydrogen) atoms. The van der Waals surface area contributed by atoms with Gasteiger partial charge < -0.3 is 10.8 Å². The number of rotatable bonds is 4. The Morgan fingerprint density at radius 1 is 1.48 bits per heavy atom. The van der Waals surface area contributed by atoms with Gasteiger partial charge in [-0.25, -0.2) is 0 Å². The molecule has 1 heterocycles. The van der Waals surface area contributed by atoms with Crippen LogP contribution < -0.4 is 5.73 Å². The van der Waals surface area contributed by atoms with E-state index < -0.39 is 0 Å². The molecule has 0 saturated carbocycles. The molecule has 114 valence electrons. The predicted octanol–water partition coefficient (Wildman–Crippen LogP) is 1.95. The van der Waals surface area contributed by atoms with Crippen LogP contribution >= 0.6 is 11.6 Å². The summed E-state index contributed by atoms with van der Waals surface area (Å²) in [5.41, 5.74) is 6.18. The first kappa shape index (κ1) is 15.8. The van der Waals surface area contributed by atoms with Crippen LogP contribution in [0, 0.1) is 5.92 Å². The van der Waals surface area contributed by atoms with Crippen LogP contribution in [0.5, 0.6) is 5.75 Å². The monoisotopic (exact) mass is 310 g/mol. The molecule has 1 aliphatic heterocycles. The van der Waals surface area contributed by atoms with E-state index >= 15 is 0 Å². The quantitative estimate of drug-likeness (QED) is 0.833. The Hall–Kier alpha value is -1.59. The van der Waals surface area contributed by atoms with Gasteiger partial charge >= 0.3 is 0 Å². The number of nitrogens with zero attached hydrogens (tertiary/aromatic N) is 1. The lowest BCUT2D eigenvalue weighted by Crippen LogP contribution is -2.40. The molecule has 1 unspecified atom stereocenters. The minimum Gasteiger partial charge on any atom is -0.507 e. The minimum atomic E-state index is -0.292. The van der Waals surface area contributed by atoms with Gasteiger partial charge in [-0.3, -0.25) is 14.5 Å². The van der Waals surface area contributed by atoms with Crippen molar-refractivity contribution in [1.29, 1.82) is 0 Å². The highest BCUT2D eigenvalue weighted by Crippen LogP contribution is 2.29. The Bertz CT molecular complexity index is 574. The maximum atomic E-state index is 11.5. The van der Waals surface area contributed by atoms with E-state index in [0.717, 1.165) is 19.4 Å². The fourth-order valence-electron chi connectivity index (χ4n) is 2.72. The molecule has 0 bridgehead atoms. The Balaban J connectivity index is 2.19. The minimum absolute atomic E-state index is 0.0342. The lowest BCUT2D eigenvalue weighted by Gasteiger charge is -2.31. The molecular weight excluding hydrogens is 292 g/mol.